The highest BCUT2D eigenvalue weighted by atomic mass is 16.5. The molecule has 1 aromatic heterocycles. The normalized spacial score (nSPS) is 15.0. The second kappa shape index (κ2) is 7.27. The van der Waals surface area contributed by atoms with E-state index in [1.165, 1.54) is 11.3 Å². The van der Waals surface area contributed by atoms with Crippen molar-refractivity contribution in [2.45, 2.75) is 19.3 Å². The summed E-state index contributed by atoms with van der Waals surface area (Å²) in [5.74, 6) is 0.610. The van der Waals surface area contributed by atoms with Crippen molar-refractivity contribution in [3.63, 3.8) is 0 Å². The minimum Gasteiger partial charge on any atom is -0.384 e. The number of nitrogen functional groups attached to an aromatic ring is 1. The summed E-state index contributed by atoms with van der Waals surface area (Å²) in [5, 5.41) is 0. The minimum absolute atomic E-state index is 0.610. The Balaban J connectivity index is 1.62. The maximum Gasteiger partial charge on any atom is 0.125 e. The molecule has 2 aromatic rings. The monoisotopic (exact) mass is 297 g/mol. The number of pyridine rings is 1. The van der Waals surface area contributed by atoms with Gasteiger partial charge in [-0.05, 0) is 30.9 Å². The van der Waals surface area contributed by atoms with Gasteiger partial charge in [0, 0.05) is 30.5 Å². The molecule has 2 heterocycles. The smallest absolute Gasteiger partial charge is 0.125 e. The molecule has 1 fully saturated rings. The van der Waals surface area contributed by atoms with Crippen molar-refractivity contribution in [2.75, 3.05) is 36.9 Å². The molecule has 3 rings (SSSR count). The van der Waals surface area contributed by atoms with Crippen LogP contribution >= 0.6 is 0 Å². The molecular formula is C18H23N3O. The van der Waals surface area contributed by atoms with E-state index in [2.05, 4.69) is 46.3 Å². The van der Waals surface area contributed by atoms with E-state index in [1.54, 1.807) is 0 Å². The molecule has 0 unspecified atom stereocenters. The Morgan fingerprint density at radius 3 is 2.59 bits per heavy atom. The Bertz CT molecular complexity index is 595. The quantitative estimate of drug-likeness (QED) is 0.922. The lowest BCUT2D eigenvalue weighted by atomic mass is 10.1. The highest BCUT2D eigenvalue weighted by molar-refractivity contribution is 5.54. The summed E-state index contributed by atoms with van der Waals surface area (Å²) in [6.45, 7) is 3.41. The number of nitrogens with zero attached hydrogens (tertiary/aromatic N) is 2. The molecule has 1 aromatic carbocycles. The lowest BCUT2D eigenvalue weighted by molar-refractivity contribution is 0.122. The lowest BCUT2D eigenvalue weighted by Crippen LogP contribution is -2.36. The molecular weight excluding hydrogens is 274 g/mol. The first-order valence-electron chi connectivity index (χ1n) is 7.94. The second-order valence-electron chi connectivity index (χ2n) is 5.68. The van der Waals surface area contributed by atoms with Crippen molar-refractivity contribution in [3.05, 3.63) is 53.7 Å². The molecule has 4 nitrogen and oxygen atoms in total. The van der Waals surface area contributed by atoms with Gasteiger partial charge < -0.3 is 15.4 Å². The molecule has 0 radical (unpaired) electrons. The number of hydrogen-bond acceptors (Lipinski definition) is 4. The summed E-state index contributed by atoms with van der Waals surface area (Å²) in [4.78, 5) is 6.80. The molecule has 1 aliphatic rings. The second-order valence-corrected chi connectivity index (χ2v) is 5.68. The summed E-state index contributed by atoms with van der Waals surface area (Å²) < 4.78 is 5.41. The van der Waals surface area contributed by atoms with Gasteiger partial charge in [0.1, 0.15) is 5.82 Å². The third-order valence-corrected chi connectivity index (χ3v) is 4.00. The predicted molar refractivity (Wildman–Crippen MR) is 90.1 cm³/mol. The Kier molecular flexibility index (Phi) is 4.91. The van der Waals surface area contributed by atoms with Gasteiger partial charge in [-0.2, -0.15) is 0 Å². The van der Waals surface area contributed by atoms with Gasteiger partial charge in [0.25, 0.3) is 0 Å². The number of benzene rings is 1. The van der Waals surface area contributed by atoms with Gasteiger partial charge in [-0.3, -0.25) is 0 Å². The summed E-state index contributed by atoms with van der Waals surface area (Å²) in [7, 11) is 0. The number of morpholine rings is 1. The van der Waals surface area contributed by atoms with Crippen molar-refractivity contribution in [1.82, 2.24) is 4.98 Å². The fraction of sp³-hybridized carbons (Fsp3) is 0.389. The van der Waals surface area contributed by atoms with E-state index in [-0.39, 0.29) is 0 Å². The third-order valence-electron chi connectivity index (χ3n) is 4.00. The SMILES string of the molecule is Nc1cc(N2CCOCC2)cc(CCCc2ccccc2)n1. The zero-order valence-corrected chi connectivity index (χ0v) is 12.9. The number of nitrogens with two attached hydrogens (primary N) is 1. The van der Waals surface area contributed by atoms with Gasteiger partial charge in [-0.15, -0.1) is 0 Å². The molecule has 0 saturated carbocycles. The Morgan fingerprint density at radius 2 is 1.82 bits per heavy atom. The van der Waals surface area contributed by atoms with Crippen LogP contribution in [0.15, 0.2) is 42.5 Å². The van der Waals surface area contributed by atoms with Gasteiger partial charge in [-0.25, -0.2) is 4.98 Å². The van der Waals surface area contributed by atoms with Crippen LogP contribution in [0, 0.1) is 0 Å². The van der Waals surface area contributed by atoms with Gasteiger partial charge in [0.2, 0.25) is 0 Å². The van der Waals surface area contributed by atoms with E-state index in [0.29, 0.717) is 5.82 Å². The molecule has 116 valence electrons. The van der Waals surface area contributed by atoms with Crippen LogP contribution in [0.3, 0.4) is 0 Å². The molecule has 4 heteroatoms. The molecule has 0 atom stereocenters. The van der Waals surface area contributed by atoms with Crippen molar-refractivity contribution in [1.29, 1.82) is 0 Å². The fourth-order valence-corrected chi connectivity index (χ4v) is 2.84. The summed E-state index contributed by atoms with van der Waals surface area (Å²) in [6.07, 6.45) is 3.12. The summed E-state index contributed by atoms with van der Waals surface area (Å²) >= 11 is 0. The van der Waals surface area contributed by atoms with Crippen LogP contribution < -0.4 is 10.6 Å². The van der Waals surface area contributed by atoms with Crippen molar-refractivity contribution < 1.29 is 4.74 Å². The van der Waals surface area contributed by atoms with E-state index < -0.39 is 0 Å². The van der Waals surface area contributed by atoms with Gasteiger partial charge >= 0.3 is 0 Å². The number of rotatable bonds is 5. The topological polar surface area (TPSA) is 51.4 Å². The maximum absolute atomic E-state index is 5.98. The van der Waals surface area contributed by atoms with Crippen LogP contribution in [-0.4, -0.2) is 31.3 Å². The predicted octanol–water partition coefficient (Wildman–Crippen LogP) is 2.68. The van der Waals surface area contributed by atoms with E-state index in [9.17, 15) is 0 Å². The van der Waals surface area contributed by atoms with Crippen LogP contribution in [-0.2, 0) is 17.6 Å². The van der Waals surface area contributed by atoms with Crippen molar-refractivity contribution >= 4 is 11.5 Å². The number of hydrogen-bond donors (Lipinski definition) is 1. The molecule has 22 heavy (non-hydrogen) atoms. The molecule has 1 saturated heterocycles. The number of anilines is 2. The van der Waals surface area contributed by atoms with Crippen molar-refractivity contribution in [3.8, 4) is 0 Å². The lowest BCUT2D eigenvalue weighted by Gasteiger charge is -2.29. The Morgan fingerprint density at radius 1 is 1.05 bits per heavy atom. The van der Waals surface area contributed by atoms with Crippen LogP contribution in [0.4, 0.5) is 11.5 Å². The standard InChI is InChI=1S/C18H23N3O/c19-18-14-17(21-9-11-22-12-10-21)13-16(20-18)8-4-7-15-5-2-1-3-6-15/h1-3,5-6,13-14H,4,7-12H2,(H2,19,20). The first-order valence-corrected chi connectivity index (χ1v) is 7.94. The van der Waals surface area contributed by atoms with Gasteiger partial charge in [0.15, 0.2) is 0 Å². The maximum atomic E-state index is 5.98. The summed E-state index contributed by atoms with van der Waals surface area (Å²) in [5.41, 5.74) is 9.61. The average Bonchev–Trinajstić information content (AvgIpc) is 2.56. The van der Waals surface area contributed by atoms with E-state index in [0.717, 1.165) is 51.3 Å². The number of ether oxygens (including phenoxy) is 1. The zero-order valence-electron chi connectivity index (χ0n) is 12.9. The molecule has 0 bridgehead atoms. The van der Waals surface area contributed by atoms with Gasteiger partial charge in [0.05, 0.1) is 13.2 Å². The Hall–Kier alpha value is -2.07. The van der Waals surface area contributed by atoms with Gasteiger partial charge in [-0.1, -0.05) is 30.3 Å². The van der Waals surface area contributed by atoms with E-state index >= 15 is 0 Å². The van der Waals surface area contributed by atoms with E-state index in [4.69, 9.17) is 10.5 Å². The van der Waals surface area contributed by atoms with Crippen LogP contribution in [0.1, 0.15) is 17.7 Å². The third kappa shape index (κ3) is 3.98. The highest BCUT2D eigenvalue weighted by Crippen LogP contribution is 2.20. The highest BCUT2D eigenvalue weighted by Gasteiger charge is 2.12. The fourth-order valence-electron chi connectivity index (χ4n) is 2.84. The Labute approximate surface area is 131 Å². The molecule has 0 spiro atoms. The first kappa shape index (κ1) is 14.9. The van der Waals surface area contributed by atoms with Crippen LogP contribution in [0.2, 0.25) is 0 Å². The molecule has 1 aliphatic heterocycles. The molecule has 2 N–H and O–H groups in total. The van der Waals surface area contributed by atoms with Crippen LogP contribution in [0.5, 0.6) is 0 Å². The number of aromatic nitrogens is 1. The largest absolute Gasteiger partial charge is 0.384 e. The zero-order chi connectivity index (χ0) is 15.2. The van der Waals surface area contributed by atoms with E-state index in [1.807, 2.05) is 6.07 Å². The van der Waals surface area contributed by atoms with Crippen molar-refractivity contribution in [2.24, 2.45) is 0 Å². The summed E-state index contributed by atoms with van der Waals surface area (Å²) in [6, 6.07) is 14.7. The average molecular weight is 297 g/mol. The molecule has 0 amide bonds. The van der Waals surface area contributed by atoms with Crippen LogP contribution in [0.25, 0.3) is 0 Å². The first-order chi connectivity index (χ1) is 10.8. The number of aryl methyl sites for hydroxylation is 2. The molecule has 0 aliphatic carbocycles. The minimum atomic E-state index is 0.610.